The third-order valence-corrected chi connectivity index (χ3v) is 2.33. The zero-order valence-electron chi connectivity index (χ0n) is 8.08. The van der Waals surface area contributed by atoms with Crippen LogP contribution in [-0.4, -0.2) is 17.1 Å². The fourth-order valence-corrected chi connectivity index (χ4v) is 1.48. The summed E-state index contributed by atoms with van der Waals surface area (Å²) in [4.78, 5) is 10.7. The first-order valence-electron chi connectivity index (χ1n) is 4.49. The van der Waals surface area contributed by atoms with Crippen molar-refractivity contribution in [2.24, 2.45) is 17.6 Å². The number of nitrogens with two attached hydrogens (primary N) is 1. The topological polar surface area (TPSA) is 63.3 Å². The molecule has 0 saturated carbocycles. The normalized spacial score (nSPS) is 18.3. The van der Waals surface area contributed by atoms with Crippen molar-refractivity contribution in [2.75, 3.05) is 0 Å². The van der Waals surface area contributed by atoms with E-state index in [-0.39, 0.29) is 17.9 Å². The van der Waals surface area contributed by atoms with Gasteiger partial charge in [0.1, 0.15) is 0 Å². The van der Waals surface area contributed by atoms with Crippen molar-refractivity contribution in [2.45, 2.75) is 39.7 Å². The molecule has 0 radical (unpaired) electrons. The molecule has 0 fully saturated rings. The largest absolute Gasteiger partial charge is 0.481 e. The summed E-state index contributed by atoms with van der Waals surface area (Å²) in [6.07, 6.45) is 1.88. The number of hydrogen-bond donors (Lipinski definition) is 2. The van der Waals surface area contributed by atoms with Gasteiger partial charge in [-0.15, -0.1) is 0 Å². The van der Waals surface area contributed by atoms with Crippen LogP contribution in [-0.2, 0) is 4.79 Å². The quantitative estimate of drug-likeness (QED) is 0.661. The van der Waals surface area contributed by atoms with Gasteiger partial charge in [0.2, 0.25) is 0 Å². The van der Waals surface area contributed by atoms with Crippen LogP contribution >= 0.6 is 0 Å². The molecule has 0 aliphatic rings. The summed E-state index contributed by atoms with van der Waals surface area (Å²) in [6, 6.07) is -0.0314. The molecule has 3 nitrogen and oxygen atoms in total. The molecule has 3 N–H and O–H groups in total. The van der Waals surface area contributed by atoms with Gasteiger partial charge in [0.15, 0.2) is 0 Å². The van der Waals surface area contributed by atoms with Gasteiger partial charge in [-0.2, -0.15) is 0 Å². The molecule has 0 spiro atoms. The number of carbonyl (C=O) groups is 1. The van der Waals surface area contributed by atoms with Crippen molar-refractivity contribution in [3.8, 4) is 0 Å². The maximum Gasteiger partial charge on any atom is 0.306 e. The fraction of sp³-hybridized carbons (Fsp3) is 0.889. The van der Waals surface area contributed by atoms with E-state index in [1.54, 1.807) is 6.92 Å². The Balaban J connectivity index is 4.18. The third-order valence-electron chi connectivity index (χ3n) is 2.33. The molecular weight excluding hydrogens is 154 g/mol. The lowest BCUT2D eigenvalue weighted by Crippen LogP contribution is -2.34. The predicted octanol–water partition coefficient (Wildman–Crippen LogP) is 1.47. The molecule has 0 bridgehead atoms. The second kappa shape index (κ2) is 5.14. The Morgan fingerprint density at radius 1 is 1.50 bits per heavy atom. The molecular formula is C9H19NO2. The maximum atomic E-state index is 10.7. The highest BCUT2D eigenvalue weighted by atomic mass is 16.4. The Labute approximate surface area is 74.0 Å². The Morgan fingerprint density at radius 3 is 2.25 bits per heavy atom. The minimum Gasteiger partial charge on any atom is -0.481 e. The van der Waals surface area contributed by atoms with Crippen LogP contribution in [0, 0.1) is 11.8 Å². The average Bonchev–Trinajstić information content (AvgIpc) is 1.98. The molecule has 0 aromatic carbocycles. The van der Waals surface area contributed by atoms with Crippen molar-refractivity contribution in [1.82, 2.24) is 0 Å². The van der Waals surface area contributed by atoms with Crippen LogP contribution in [0.5, 0.6) is 0 Å². The fourth-order valence-electron chi connectivity index (χ4n) is 1.48. The number of carboxylic acids is 1. The van der Waals surface area contributed by atoms with E-state index in [9.17, 15) is 4.79 Å². The molecule has 0 amide bonds. The molecule has 0 aliphatic heterocycles. The lowest BCUT2D eigenvalue weighted by Gasteiger charge is -2.23. The van der Waals surface area contributed by atoms with Crippen LogP contribution in [0.2, 0.25) is 0 Å². The van der Waals surface area contributed by atoms with E-state index < -0.39 is 5.97 Å². The van der Waals surface area contributed by atoms with Crippen molar-refractivity contribution in [3.63, 3.8) is 0 Å². The highest BCUT2D eigenvalue weighted by molar-refractivity contribution is 5.69. The Hall–Kier alpha value is -0.570. The van der Waals surface area contributed by atoms with Crippen molar-refractivity contribution < 1.29 is 9.90 Å². The Kier molecular flexibility index (Phi) is 4.90. The highest BCUT2D eigenvalue weighted by Crippen LogP contribution is 2.20. The van der Waals surface area contributed by atoms with E-state index >= 15 is 0 Å². The molecule has 0 rings (SSSR count). The number of aliphatic carboxylic acids is 1. The summed E-state index contributed by atoms with van der Waals surface area (Å²) in [7, 11) is 0. The molecule has 0 aliphatic carbocycles. The van der Waals surface area contributed by atoms with Crippen molar-refractivity contribution in [1.29, 1.82) is 0 Å². The number of hydrogen-bond acceptors (Lipinski definition) is 2. The van der Waals surface area contributed by atoms with E-state index in [4.69, 9.17) is 10.8 Å². The van der Waals surface area contributed by atoms with Gasteiger partial charge in [-0.25, -0.2) is 0 Å². The number of rotatable bonds is 5. The first kappa shape index (κ1) is 11.4. The van der Waals surface area contributed by atoms with Gasteiger partial charge in [0.05, 0.1) is 5.92 Å². The van der Waals surface area contributed by atoms with Crippen LogP contribution in [0.15, 0.2) is 0 Å². The van der Waals surface area contributed by atoms with Gasteiger partial charge in [0.25, 0.3) is 0 Å². The second-order valence-corrected chi connectivity index (χ2v) is 3.44. The van der Waals surface area contributed by atoms with E-state index in [0.717, 1.165) is 12.8 Å². The van der Waals surface area contributed by atoms with Gasteiger partial charge in [-0.05, 0) is 19.3 Å². The van der Waals surface area contributed by atoms with Crippen LogP contribution in [0.1, 0.15) is 33.6 Å². The molecule has 12 heavy (non-hydrogen) atoms. The van der Waals surface area contributed by atoms with Crippen LogP contribution in [0.4, 0.5) is 0 Å². The predicted molar refractivity (Wildman–Crippen MR) is 48.8 cm³/mol. The average molecular weight is 173 g/mol. The maximum absolute atomic E-state index is 10.7. The highest BCUT2D eigenvalue weighted by Gasteiger charge is 2.25. The van der Waals surface area contributed by atoms with Gasteiger partial charge < -0.3 is 10.8 Å². The zero-order chi connectivity index (χ0) is 9.72. The third kappa shape index (κ3) is 3.22. The van der Waals surface area contributed by atoms with Crippen LogP contribution < -0.4 is 5.73 Å². The smallest absolute Gasteiger partial charge is 0.306 e. The summed E-state index contributed by atoms with van der Waals surface area (Å²) in [5, 5.41) is 8.77. The van der Waals surface area contributed by atoms with Gasteiger partial charge in [0, 0.05) is 6.04 Å². The monoisotopic (exact) mass is 173 g/mol. The SMILES string of the molecule is CCCC(C(C)N)C(C)C(=O)O. The second-order valence-electron chi connectivity index (χ2n) is 3.44. The first-order chi connectivity index (χ1) is 5.50. The molecule has 0 heterocycles. The van der Waals surface area contributed by atoms with Crippen molar-refractivity contribution >= 4 is 5.97 Å². The Morgan fingerprint density at radius 2 is 2.00 bits per heavy atom. The summed E-state index contributed by atoms with van der Waals surface area (Å²) >= 11 is 0. The van der Waals surface area contributed by atoms with E-state index in [2.05, 4.69) is 0 Å². The van der Waals surface area contributed by atoms with Crippen LogP contribution in [0.25, 0.3) is 0 Å². The summed E-state index contributed by atoms with van der Waals surface area (Å²) in [6.45, 7) is 5.65. The summed E-state index contributed by atoms with van der Waals surface area (Å²) < 4.78 is 0. The van der Waals surface area contributed by atoms with E-state index in [0.29, 0.717) is 0 Å². The molecule has 3 unspecified atom stereocenters. The molecule has 0 saturated heterocycles. The summed E-state index contributed by atoms with van der Waals surface area (Å²) in [5.41, 5.74) is 5.70. The minimum atomic E-state index is -0.745. The van der Waals surface area contributed by atoms with E-state index in [1.165, 1.54) is 0 Å². The molecule has 0 aromatic heterocycles. The molecule has 3 heteroatoms. The van der Waals surface area contributed by atoms with Gasteiger partial charge >= 0.3 is 5.97 Å². The summed E-state index contributed by atoms with van der Waals surface area (Å²) in [5.74, 6) is -0.969. The Bertz CT molecular complexity index is 145. The van der Waals surface area contributed by atoms with E-state index in [1.807, 2.05) is 13.8 Å². The minimum absolute atomic E-state index is 0.0314. The van der Waals surface area contributed by atoms with Gasteiger partial charge in [-0.3, -0.25) is 4.79 Å². The van der Waals surface area contributed by atoms with Crippen LogP contribution in [0.3, 0.4) is 0 Å². The lowest BCUT2D eigenvalue weighted by atomic mass is 9.85. The van der Waals surface area contributed by atoms with Gasteiger partial charge in [-0.1, -0.05) is 20.3 Å². The first-order valence-corrected chi connectivity index (χ1v) is 4.49. The number of carboxylic acid groups (broad SMARTS) is 1. The molecule has 0 aromatic rings. The standard InChI is InChI=1S/C9H19NO2/c1-4-5-8(7(3)10)6(2)9(11)12/h6-8H,4-5,10H2,1-3H3,(H,11,12). The molecule has 72 valence electrons. The molecule has 3 atom stereocenters. The lowest BCUT2D eigenvalue weighted by molar-refractivity contribution is -0.143. The van der Waals surface area contributed by atoms with Crippen molar-refractivity contribution in [3.05, 3.63) is 0 Å². The zero-order valence-corrected chi connectivity index (χ0v) is 8.08.